The average molecular weight is 339 g/mol. The Morgan fingerprint density at radius 2 is 1.83 bits per heavy atom. The first kappa shape index (κ1) is 24.0. The van der Waals surface area contributed by atoms with Gasteiger partial charge in [-0.2, -0.15) is 0 Å². The largest absolute Gasteiger partial charge is 0.467 e. The Labute approximate surface area is 143 Å². The zero-order valence-electron chi connectivity index (χ0n) is 14.9. The van der Waals surface area contributed by atoms with Gasteiger partial charge in [0.15, 0.2) is 0 Å². The van der Waals surface area contributed by atoms with Crippen LogP contribution < -0.4 is 16.4 Å². The quantitative estimate of drug-likeness (QED) is 0.490. The number of nitrogens with one attached hydrogen (secondary N) is 2. The molecule has 0 aliphatic rings. The highest BCUT2D eigenvalue weighted by molar-refractivity contribution is 5.85. The molecule has 0 fully saturated rings. The summed E-state index contributed by atoms with van der Waals surface area (Å²) in [6, 6.07) is 9.51. The lowest BCUT2D eigenvalue weighted by atomic mass is 10.1. The number of aldehydes is 1. The van der Waals surface area contributed by atoms with E-state index >= 15 is 0 Å². The van der Waals surface area contributed by atoms with Crippen LogP contribution in [0.15, 0.2) is 30.3 Å². The number of carbonyl (C=O) groups excluding carboxylic acids is 3. The highest BCUT2D eigenvalue weighted by Gasteiger charge is 2.20. The summed E-state index contributed by atoms with van der Waals surface area (Å²) in [5, 5.41) is 5.12. The number of nitrogens with two attached hydrogens (primary N) is 1. The van der Waals surface area contributed by atoms with Gasteiger partial charge in [-0.15, -0.1) is 0 Å². The maximum atomic E-state index is 11.2. The van der Waals surface area contributed by atoms with Crippen LogP contribution >= 0.6 is 0 Å². The van der Waals surface area contributed by atoms with Gasteiger partial charge in [0.05, 0.1) is 13.7 Å². The Bertz CT molecular complexity index is 452. The highest BCUT2D eigenvalue weighted by Crippen LogP contribution is 1.97. The lowest BCUT2D eigenvalue weighted by molar-refractivity contribution is -0.145. The van der Waals surface area contributed by atoms with Gasteiger partial charge in [0.25, 0.3) is 0 Å². The third-order valence-electron chi connectivity index (χ3n) is 2.67. The second-order valence-corrected chi connectivity index (χ2v) is 4.57. The molecule has 0 heterocycles. The van der Waals surface area contributed by atoms with E-state index < -0.39 is 12.0 Å². The standard InChI is InChI=1S/C9H16N2O4.C7H8.CH5N/c1-10-6-8(13)11-7(4-3-5-12)9(14)15-2;1-7-5-3-2-4-6-7;1-2/h5,7,10H,3-4,6H2,1-2H3,(H,11,13);2-6H,1H3;2H2,1H3. The number of ether oxygens (including phenoxy) is 1. The van der Waals surface area contributed by atoms with Crippen molar-refractivity contribution in [1.82, 2.24) is 10.6 Å². The maximum absolute atomic E-state index is 11.2. The van der Waals surface area contributed by atoms with Crippen LogP contribution in [0.3, 0.4) is 0 Å². The molecule has 0 aromatic heterocycles. The SMILES string of the molecule is CN.CNCC(=O)NC(CCC=O)C(=O)OC.Cc1ccccc1. The van der Waals surface area contributed by atoms with Crippen LogP contribution in [0.1, 0.15) is 18.4 Å². The molecule has 1 aromatic carbocycles. The summed E-state index contributed by atoms with van der Waals surface area (Å²) in [5.74, 6) is -0.847. The van der Waals surface area contributed by atoms with Crippen LogP contribution in [0.2, 0.25) is 0 Å². The number of likely N-dealkylation sites (N-methyl/N-ethyl adjacent to an activating group) is 1. The molecule has 1 amide bonds. The summed E-state index contributed by atoms with van der Waals surface area (Å²) in [6.45, 7) is 2.20. The summed E-state index contributed by atoms with van der Waals surface area (Å²) in [4.78, 5) is 32.5. The first-order valence-electron chi connectivity index (χ1n) is 7.60. The van der Waals surface area contributed by atoms with Crippen LogP contribution in [-0.4, -0.2) is 52.0 Å². The molecule has 7 nitrogen and oxygen atoms in total. The first-order chi connectivity index (χ1) is 11.5. The van der Waals surface area contributed by atoms with Crippen molar-refractivity contribution in [2.24, 2.45) is 5.73 Å². The summed E-state index contributed by atoms with van der Waals surface area (Å²) in [5.41, 5.74) is 5.82. The Hall–Kier alpha value is -2.25. The van der Waals surface area contributed by atoms with Gasteiger partial charge < -0.3 is 25.9 Å². The molecular weight excluding hydrogens is 310 g/mol. The third-order valence-corrected chi connectivity index (χ3v) is 2.67. The van der Waals surface area contributed by atoms with Crippen LogP contribution in [-0.2, 0) is 19.1 Å². The van der Waals surface area contributed by atoms with E-state index in [0.717, 1.165) is 0 Å². The van der Waals surface area contributed by atoms with Crippen molar-refractivity contribution in [1.29, 1.82) is 0 Å². The van der Waals surface area contributed by atoms with E-state index in [1.54, 1.807) is 7.05 Å². The van der Waals surface area contributed by atoms with Crippen molar-refractivity contribution in [3.63, 3.8) is 0 Å². The van der Waals surface area contributed by atoms with Gasteiger partial charge in [-0.25, -0.2) is 4.79 Å². The molecule has 4 N–H and O–H groups in total. The fourth-order valence-electron chi connectivity index (χ4n) is 1.57. The minimum atomic E-state index is -0.749. The summed E-state index contributed by atoms with van der Waals surface area (Å²) in [6.07, 6.45) is 1.16. The number of esters is 1. The Balaban J connectivity index is 0. The number of rotatable bonds is 7. The highest BCUT2D eigenvalue weighted by atomic mass is 16.5. The van der Waals surface area contributed by atoms with Crippen LogP contribution in [0.5, 0.6) is 0 Å². The van der Waals surface area contributed by atoms with E-state index in [1.165, 1.54) is 19.7 Å². The number of carbonyl (C=O) groups is 3. The van der Waals surface area contributed by atoms with Crippen molar-refractivity contribution in [3.8, 4) is 0 Å². The number of methoxy groups -OCH3 is 1. The minimum Gasteiger partial charge on any atom is -0.467 e. The van der Waals surface area contributed by atoms with E-state index in [2.05, 4.69) is 40.2 Å². The monoisotopic (exact) mass is 339 g/mol. The van der Waals surface area contributed by atoms with Crippen molar-refractivity contribution in [2.75, 3.05) is 27.7 Å². The van der Waals surface area contributed by atoms with E-state index in [1.807, 2.05) is 18.2 Å². The summed E-state index contributed by atoms with van der Waals surface area (Å²) >= 11 is 0. The minimum absolute atomic E-state index is 0.120. The molecule has 0 saturated heterocycles. The molecule has 1 rings (SSSR count). The Morgan fingerprint density at radius 3 is 2.21 bits per heavy atom. The van der Waals surface area contributed by atoms with Gasteiger partial charge in [-0.1, -0.05) is 35.9 Å². The van der Waals surface area contributed by atoms with E-state index in [-0.39, 0.29) is 25.3 Å². The molecule has 24 heavy (non-hydrogen) atoms. The third kappa shape index (κ3) is 13.4. The van der Waals surface area contributed by atoms with Gasteiger partial charge in [0.2, 0.25) is 5.91 Å². The van der Waals surface area contributed by atoms with Crippen LogP contribution in [0, 0.1) is 6.92 Å². The maximum Gasteiger partial charge on any atom is 0.328 e. The molecule has 0 aliphatic carbocycles. The Kier molecular flexibility index (Phi) is 17.1. The lowest BCUT2D eigenvalue weighted by Crippen LogP contribution is -2.44. The fourth-order valence-corrected chi connectivity index (χ4v) is 1.57. The van der Waals surface area contributed by atoms with Crippen molar-refractivity contribution in [3.05, 3.63) is 35.9 Å². The van der Waals surface area contributed by atoms with Gasteiger partial charge in [0, 0.05) is 6.42 Å². The second kappa shape index (κ2) is 17.1. The molecular formula is C17H29N3O4. The number of hydrogen-bond donors (Lipinski definition) is 3. The van der Waals surface area contributed by atoms with Crippen molar-refractivity contribution >= 4 is 18.2 Å². The molecule has 136 valence electrons. The van der Waals surface area contributed by atoms with Gasteiger partial charge >= 0.3 is 5.97 Å². The van der Waals surface area contributed by atoms with Crippen LogP contribution in [0.4, 0.5) is 0 Å². The number of amides is 1. The molecule has 0 aliphatic heterocycles. The first-order valence-corrected chi connectivity index (χ1v) is 7.60. The number of aryl methyl sites for hydroxylation is 1. The molecule has 0 saturated carbocycles. The van der Waals surface area contributed by atoms with Crippen molar-refractivity contribution < 1.29 is 19.1 Å². The average Bonchev–Trinajstić information content (AvgIpc) is 2.61. The lowest BCUT2D eigenvalue weighted by Gasteiger charge is -2.14. The molecule has 0 spiro atoms. The van der Waals surface area contributed by atoms with E-state index in [4.69, 9.17) is 0 Å². The topological polar surface area (TPSA) is 111 Å². The molecule has 1 unspecified atom stereocenters. The van der Waals surface area contributed by atoms with Crippen LogP contribution in [0.25, 0.3) is 0 Å². The molecule has 0 bridgehead atoms. The predicted octanol–water partition coefficient (Wildman–Crippen LogP) is 0.413. The normalized spacial score (nSPS) is 10.0. The van der Waals surface area contributed by atoms with Gasteiger partial charge in [-0.05, 0) is 27.4 Å². The van der Waals surface area contributed by atoms with Gasteiger partial charge in [0.1, 0.15) is 12.3 Å². The van der Waals surface area contributed by atoms with E-state index in [9.17, 15) is 14.4 Å². The summed E-state index contributed by atoms with van der Waals surface area (Å²) < 4.78 is 4.50. The van der Waals surface area contributed by atoms with Gasteiger partial charge in [-0.3, -0.25) is 4.79 Å². The van der Waals surface area contributed by atoms with E-state index in [0.29, 0.717) is 6.29 Å². The fraction of sp³-hybridized carbons (Fsp3) is 0.471. The van der Waals surface area contributed by atoms with Crippen molar-refractivity contribution in [2.45, 2.75) is 25.8 Å². The molecule has 1 aromatic rings. The smallest absolute Gasteiger partial charge is 0.328 e. The summed E-state index contributed by atoms with van der Waals surface area (Å²) in [7, 11) is 4.36. The predicted molar refractivity (Wildman–Crippen MR) is 94.5 cm³/mol. The Morgan fingerprint density at radius 1 is 1.25 bits per heavy atom. The number of hydrogen-bond acceptors (Lipinski definition) is 6. The molecule has 1 atom stereocenters. The molecule has 0 radical (unpaired) electrons. The molecule has 7 heteroatoms. The zero-order chi connectivity index (χ0) is 18.8. The second-order valence-electron chi connectivity index (χ2n) is 4.57. The number of benzene rings is 1. The zero-order valence-corrected chi connectivity index (χ0v) is 14.9.